The number of likely N-dealkylation sites (N-methyl/N-ethyl adjacent to an activating group) is 1. The SMILES string of the molecule is Cc1ccc(S(=O)(=O)N(C)[C@@H]2CCNC2)cc1F. The molecule has 0 radical (unpaired) electrons. The molecule has 0 unspecified atom stereocenters. The van der Waals surface area contributed by atoms with Crippen LogP contribution in [0.3, 0.4) is 0 Å². The van der Waals surface area contributed by atoms with Gasteiger partial charge in [0.1, 0.15) is 5.82 Å². The van der Waals surface area contributed by atoms with Crippen LogP contribution in [-0.2, 0) is 10.0 Å². The molecule has 1 fully saturated rings. The van der Waals surface area contributed by atoms with Crippen molar-refractivity contribution in [2.45, 2.75) is 24.3 Å². The van der Waals surface area contributed by atoms with E-state index >= 15 is 0 Å². The summed E-state index contributed by atoms with van der Waals surface area (Å²) in [5, 5.41) is 3.12. The van der Waals surface area contributed by atoms with Crippen molar-refractivity contribution in [3.63, 3.8) is 0 Å². The molecule has 1 saturated heterocycles. The highest BCUT2D eigenvalue weighted by molar-refractivity contribution is 7.89. The Morgan fingerprint density at radius 3 is 2.72 bits per heavy atom. The standard InChI is InChI=1S/C12H17FN2O2S/c1-9-3-4-11(7-12(9)13)18(16,17)15(2)10-5-6-14-8-10/h3-4,7,10,14H,5-6,8H2,1-2H3/t10-/m1/s1. The van der Waals surface area contributed by atoms with E-state index in [-0.39, 0.29) is 10.9 Å². The molecule has 2 rings (SSSR count). The molecule has 1 N–H and O–H groups in total. The van der Waals surface area contributed by atoms with Crippen LogP contribution in [0.2, 0.25) is 0 Å². The zero-order valence-electron chi connectivity index (χ0n) is 10.5. The molecule has 100 valence electrons. The topological polar surface area (TPSA) is 49.4 Å². The van der Waals surface area contributed by atoms with Crippen LogP contribution in [0.4, 0.5) is 4.39 Å². The molecule has 0 aromatic heterocycles. The molecule has 0 bridgehead atoms. The van der Waals surface area contributed by atoms with Crippen LogP contribution < -0.4 is 5.32 Å². The number of nitrogens with zero attached hydrogens (tertiary/aromatic N) is 1. The Bertz CT molecular complexity index is 539. The van der Waals surface area contributed by atoms with Gasteiger partial charge in [0.15, 0.2) is 0 Å². The van der Waals surface area contributed by atoms with E-state index in [0.717, 1.165) is 19.0 Å². The second-order valence-corrected chi connectivity index (χ2v) is 6.58. The lowest BCUT2D eigenvalue weighted by molar-refractivity contribution is 0.387. The third kappa shape index (κ3) is 2.41. The second-order valence-electron chi connectivity index (χ2n) is 4.58. The molecule has 1 aromatic rings. The molecule has 4 nitrogen and oxygen atoms in total. The van der Waals surface area contributed by atoms with Gasteiger partial charge in [-0.2, -0.15) is 4.31 Å². The Labute approximate surface area is 107 Å². The third-order valence-corrected chi connectivity index (χ3v) is 5.27. The largest absolute Gasteiger partial charge is 0.315 e. The van der Waals surface area contributed by atoms with E-state index in [1.165, 1.54) is 16.4 Å². The fraction of sp³-hybridized carbons (Fsp3) is 0.500. The second kappa shape index (κ2) is 4.95. The van der Waals surface area contributed by atoms with Crippen molar-refractivity contribution in [2.75, 3.05) is 20.1 Å². The summed E-state index contributed by atoms with van der Waals surface area (Å²) in [6.45, 7) is 3.06. The zero-order valence-corrected chi connectivity index (χ0v) is 11.3. The van der Waals surface area contributed by atoms with E-state index in [2.05, 4.69) is 5.32 Å². The van der Waals surface area contributed by atoms with Gasteiger partial charge in [0.2, 0.25) is 10.0 Å². The van der Waals surface area contributed by atoms with E-state index in [1.807, 2.05) is 0 Å². The molecule has 1 atom stereocenters. The monoisotopic (exact) mass is 272 g/mol. The van der Waals surface area contributed by atoms with Gasteiger partial charge in [0.05, 0.1) is 4.90 Å². The predicted octanol–water partition coefficient (Wildman–Crippen LogP) is 1.12. The summed E-state index contributed by atoms with van der Waals surface area (Å²) in [7, 11) is -2.06. The van der Waals surface area contributed by atoms with Gasteiger partial charge in [0.25, 0.3) is 0 Å². The van der Waals surface area contributed by atoms with Gasteiger partial charge in [-0.3, -0.25) is 0 Å². The average Bonchev–Trinajstić information content (AvgIpc) is 2.85. The minimum atomic E-state index is -3.61. The first kappa shape index (κ1) is 13.5. The summed E-state index contributed by atoms with van der Waals surface area (Å²) in [6, 6.07) is 3.97. The lowest BCUT2D eigenvalue weighted by Crippen LogP contribution is -2.38. The molecule has 18 heavy (non-hydrogen) atoms. The highest BCUT2D eigenvalue weighted by Gasteiger charge is 2.30. The van der Waals surface area contributed by atoms with Gasteiger partial charge >= 0.3 is 0 Å². The summed E-state index contributed by atoms with van der Waals surface area (Å²) in [5.41, 5.74) is 0.444. The lowest BCUT2D eigenvalue weighted by Gasteiger charge is -2.23. The Morgan fingerprint density at radius 2 is 2.17 bits per heavy atom. The first-order chi connectivity index (χ1) is 8.43. The summed E-state index contributed by atoms with van der Waals surface area (Å²) in [5.74, 6) is -0.492. The predicted molar refractivity (Wildman–Crippen MR) is 67.4 cm³/mol. The number of benzene rings is 1. The lowest BCUT2D eigenvalue weighted by atomic mass is 10.2. The van der Waals surface area contributed by atoms with Crippen molar-refractivity contribution in [1.82, 2.24) is 9.62 Å². The molecule has 1 aliphatic rings. The number of hydrogen-bond acceptors (Lipinski definition) is 3. The van der Waals surface area contributed by atoms with Crippen molar-refractivity contribution >= 4 is 10.0 Å². The van der Waals surface area contributed by atoms with E-state index in [9.17, 15) is 12.8 Å². The molecule has 0 aliphatic carbocycles. The molecule has 1 aromatic carbocycles. The zero-order chi connectivity index (χ0) is 13.3. The maximum absolute atomic E-state index is 13.5. The van der Waals surface area contributed by atoms with E-state index < -0.39 is 15.8 Å². The van der Waals surface area contributed by atoms with Crippen LogP contribution in [0.25, 0.3) is 0 Å². The number of rotatable bonds is 3. The minimum absolute atomic E-state index is 0.0139. The number of halogens is 1. The number of sulfonamides is 1. The molecule has 6 heteroatoms. The maximum atomic E-state index is 13.5. The van der Waals surface area contributed by atoms with Crippen molar-refractivity contribution in [1.29, 1.82) is 0 Å². The van der Waals surface area contributed by atoms with Gasteiger partial charge in [-0.15, -0.1) is 0 Å². The fourth-order valence-corrected chi connectivity index (χ4v) is 3.44. The van der Waals surface area contributed by atoms with Gasteiger partial charge in [0, 0.05) is 19.6 Å². The molecule has 1 heterocycles. The highest BCUT2D eigenvalue weighted by atomic mass is 32.2. The number of nitrogens with one attached hydrogen (secondary N) is 1. The molecular weight excluding hydrogens is 255 g/mol. The Hall–Kier alpha value is -0.980. The average molecular weight is 272 g/mol. The molecule has 0 spiro atoms. The van der Waals surface area contributed by atoms with Crippen LogP contribution >= 0.6 is 0 Å². The van der Waals surface area contributed by atoms with Crippen LogP contribution in [0.15, 0.2) is 23.1 Å². The fourth-order valence-electron chi connectivity index (χ4n) is 2.05. The van der Waals surface area contributed by atoms with Crippen molar-refractivity contribution in [3.05, 3.63) is 29.6 Å². The highest BCUT2D eigenvalue weighted by Crippen LogP contribution is 2.21. The van der Waals surface area contributed by atoms with Crippen molar-refractivity contribution in [2.24, 2.45) is 0 Å². The Balaban J connectivity index is 2.32. The summed E-state index contributed by atoms with van der Waals surface area (Å²) >= 11 is 0. The quantitative estimate of drug-likeness (QED) is 0.897. The normalized spacial score (nSPS) is 20.6. The minimum Gasteiger partial charge on any atom is -0.315 e. The Morgan fingerprint density at radius 1 is 1.44 bits per heavy atom. The van der Waals surface area contributed by atoms with Crippen molar-refractivity contribution in [3.8, 4) is 0 Å². The molecule has 0 amide bonds. The first-order valence-electron chi connectivity index (χ1n) is 5.88. The van der Waals surface area contributed by atoms with Gasteiger partial charge in [-0.05, 0) is 37.6 Å². The summed E-state index contributed by atoms with van der Waals surface area (Å²) in [6.07, 6.45) is 0.782. The van der Waals surface area contributed by atoms with E-state index in [4.69, 9.17) is 0 Å². The third-order valence-electron chi connectivity index (χ3n) is 3.37. The van der Waals surface area contributed by atoms with E-state index in [0.29, 0.717) is 12.1 Å². The maximum Gasteiger partial charge on any atom is 0.243 e. The molecular formula is C12H17FN2O2S. The van der Waals surface area contributed by atoms with Crippen molar-refractivity contribution < 1.29 is 12.8 Å². The van der Waals surface area contributed by atoms with Gasteiger partial charge in [-0.25, -0.2) is 12.8 Å². The Kier molecular flexibility index (Phi) is 3.70. The van der Waals surface area contributed by atoms with Gasteiger partial charge < -0.3 is 5.32 Å². The summed E-state index contributed by atoms with van der Waals surface area (Å²) in [4.78, 5) is 0.0139. The van der Waals surface area contributed by atoms with Crippen LogP contribution in [0, 0.1) is 12.7 Å². The van der Waals surface area contributed by atoms with Crippen LogP contribution in [0.1, 0.15) is 12.0 Å². The molecule has 0 saturated carbocycles. The first-order valence-corrected chi connectivity index (χ1v) is 7.32. The summed E-state index contributed by atoms with van der Waals surface area (Å²) < 4.78 is 39.4. The van der Waals surface area contributed by atoms with Gasteiger partial charge in [-0.1, -0.05) is 6.07 Å². The number of hydrogen-bond donors (Lipinski definition) is 1. The van der Waals surface area contributed by atoms with Crippen LogP contribution in [-0.4, -0.2) is 38.9 Å². The molecule has 1 aliphatic heterocycles. The number of aryl methyl sites for hydroxylation is 1. The van der Waals surface area contributed by atoms with Crippen LogP contribution in [0.5, 0.6) is 0 Å². The smallest absolute Gasteiger partial charge is 0.243 e. The van der Waals surface area contributed by atoms with E-state index in [1.54, 1.807) is 14.0 Å².